The average Bonchev–Trinajstić information content (AvgIpc) is 3.22. The predicted molar refractivity (Wildman–Crippen MR) is 87.6 cm³/mol. The average molecular weight is 306 g/mol. The first-order valence-corrected chi connectivity index (χ1v) is 7.70. The van der Waals surface area contributed by atoms with E-state index in [-0.39, 0.29) is 5.91 Å². The quantitative estimate of drug-likeness (QED) is 0.730. The van der Waals surface area contributed by atoms with Crippen LogP contribution in [0.15, 0.2) is 48.8 Å². The number of fused-ring (bicyclic) bond motifs is 1. The molecule has 1 aliphatic heterocycles. The third-order valence-electron chi connectivity index (χ3n) is 4.30. The van der Waals surface area contributed by atoms with Crippen molar-refractivity contribution in [3.63, 3.8) is 0 Å². The summed E-state index contributed by atoms with van der Waals surface area (Å²) in [5.74, 6) is 1.10. The molecule has 0 radical (unpaired) electrons. The maximum absolute atomic E-state index is 11.7. The van der Waals surface area contributed by atoms with E-state index in [0.29, 0.717) is 13.1 Å². The number of carbonyl (C=O) groups excluding carboxylic acids is 1. The number of amides is 1. The molecule has 23 heavy (non-hydrogen) atoms. The fraction of sp³-hybridized carbons (Fsp3) is 0.222. The third kappa shape index (κ3) is 2.25. The minimum atomic E-state index is 0.0864. The largest absolute Gasteiger partial charge is 0.332 e. The van der Waals surface area contributed by atoms with Crippen LogP contribution >= 0.6 is 0 Å². The van der Waals surface area contributed by atoms with Gasteiger partial charge in [-0.2, -0.15) is 5.10 Å². The highest BCUT2D eigenvalue weighted by molar-refractivity contribution is 5.74. The van der Waals surface area contributed by atoms with Gasteiger partial charge in [0.2, 0.25) is 5.91 Å². The maximum Gasteiger partial charge on any atom is 0.220 e. The molecule has 2 aromatic heterocycles. The van der Waals surface area contributed by atoms with E-state index in [1.165, 1.54) is 5.56 Å². The second kappa shape index (κ2) is 5.12. The molecule has 3 heterocycles. The van der Waals surface area contributed by atoms with Gasteiger partial charge in [0.15, 0.2) is 0 Å². The lowest BCUT2D eigenvalue weighted by molar-refractivity contribution is -0.129. The van der Waals surface area contributed by atoms with Gasteiger partial charge in [0.05, 0.1) is 24.5 Å². The first-order chi connectivity index (χ1) is 11.1. The molecule has 3 aromatic rings. The first-order valence-electron chi connectivity index (χ1n) is 7.70. The zero-order valence-corrected chi connectivity index (χ0v) is 13.2. The van der Waals surface area contributed by atoms with E-state index in [1.54, 1.807) is 6.92 Å². The zero-order chi connectivity index (χ0) is 16.0. The highest BCUT2D eigenvalue weighted by atomic mass is 16.2. The van der Waals surface area contributed by atoms with Crippen molar-refractivity contribution < 1.29 is 4.79 Å². The second-order valence-electron chi connectivity index (χ2n) is 5.96. The smallest absolute Gasteiger partial charge is 0.220 e. The predicted octanol–water partition coefficient (Wildman–Crippen LogP) is 2.83. The van der Waals surface area contributed by atoms with Crippen LogP contribution in [-0.4, -0.2) is 25.2 Å². The molecule has 0 atom stereocenters. The number of hydrogen-bond acceptors (Lipinski definition) is 2. The van der Waals surface area contributed by atoms with Crippen LogP contribution in [0.5, 0.6) is 0 Å². The molecule has 116 valence electrons. The molecule has 5 heteroatoms. The fourth-order valence-electron chi connectivity index (χ4n) is 3.03. The van der Waals surface area contributed by atoms with Gasteiger partial charge in [-0.1, -0.05) is 17.7 Å². The van der Waals surface area contributed by atoms with Crippen LogP contribution in [0.4, 0.5) is 0 Å². The molecule has 0 N–H and O–H groups in total. The highest BCUT2D eigenvalue weighted by Crippen LogP contribution is 2.30. The summed E-state index contributed by atoms with van der Waals surface area (Å²) in [6, 6.07) is 12.3. The van der Waals surface area contributed by atoms with Crippen molar-refractivity contribution in [3.05, 3.63) is 65.6 Å². The van der Waals surface area contributed by atoms with Crippen molar-refractivity contribution in [3.8, 4) is 11.5 Å². The maximum atomic E-state index is 11.7. The molecule has 1 amide bonds. The molecular formula is C18H18N4O. The summed E-state index contributed by atoms with van der Waals surface area (Å²) in [5.41, 5.74) is 4.35. The number of aryl methyl sites for hydroxylation is 1. The zero-order valence-electron chi connectivity index (χ0n) is 13.2. The number of carbonyl (C=O) groups is 1. The van der Waals surface area contributed by atoms with Crippen LogP contribution in [0.3, 0.4) is 0 Å². The Balaban J connectivity index is 1.87. The molecule has 0 saturated carbocycles. The van der Waals surface area contributed by atoms with E-state index >= 15 is 0 Å². The Morgan fingerprint density at radius 2 is 1.78 bits per heavy atom. The summed E-state index contributed by atoms with van der Waals surface area (Å²) in [7, 11) is 0. The summed E-state index contributed by atoms with van der Waals surface area (Å²) in [6.07, 6.45) is 4.02. The second-order valence-corrected chi connectivity index (χ2v) is 5.96. The van der Waals surface area contributed by atoms with Crippen LogP contribution in [-0.2, 0) is 17.9 Å². The van der Waals surface area contributed by atoms with Crippen molar-refractivity contribution >= 4 is 5.91 Å². The monoisotopic (exact) mass is 306 g/mol. The van der Waals surface area contributed by atoms with Crippen molar-refractivity contribution in [2.45, 2.75) is 26.9 Å². The minimum absolute atomic E-state index is 0.0864. The Bertz CT molecular complexity index is 859. The topological polar surface area (TPSA) is 43.1 Å². The van der Waals surface area contributed by atoms with Gasteiger partial charge in [0.1, 0.15) is 5.82 Å². The van der Waals surface area contributed by atoms with Crippen molar-refractivity contribution in [1.29, 1.82) is 0 Å². The standard InChI is InChI=1S/C18H18N4O/c1-13-5-7-15(8-6-13)22-18(20-9-3-4-10-20)16-11-21(14(2)23)12-17(16)19-22/h3-10H,11-12H2,1-2H3. The number of rotatable bonds is 2. The van der Waals surface area contributed by atoms with E-state index < -0.39 is 0 Å². The summed E-state index contributed by atoms with van der Waals surface area (Å²) in [4.78, 5) is 13.5. The van der Waals surface area contributed by atoms with Crippen LogP contribution in [0.1, 0.15) is 23.7 Å². The van der Waals surface area contributed by atoms with E-state index in [0.717, 1.165) is 22.8 Å². The highest BCUT2D eigenvalue weighted by Gasteiger charge is 2.29. The molecule has 5 nitrogen and oxygen atoms in total. The number of nitrogens with zero attached hydrogens (tertiary/aromatic N) is 4. The molecule has 0 unspecified atom stereocenters. The van der Waals surface area contributed by atoms with Gasteiger partial charge in [-0.15, -0.1) is 0 Å². The minimum Gasteiger partial charge on any atom is -0.332 e. The van der Waals surface area contributed by atoms with Gasteiger partial charge in [-0.05, 0) is 31.2 Å². The third-order valence-corrected chi connectivity index (χ3v) is 4.30. The Hall–Kier alpha value is -2.82. The molecule has 0 fully saturated rings. The Kier molecular flexibility index (Phi) is 3.08. The molecular weight excluding hydrogens is 288 g/mol. The van der Waals surface area contributed by atoms with E-state index in [9.17, 15) is 4.79 Å². The van der Waals surface area contributed by atoms with Gasteiger partial charge in [0.25, 0.3) is 0 Å². The first kappa shape index (κ1) is 13.8. The molecule has 0 saturated heterocycles. The van der Waals surface area contributed by atoms with Crippen molar-refractivity contribution in [1.82, 2.24) is 19.2 Å². The fourth-order valence-corrected chi connectivity index (χ4v) is 3.03. The lowest BCUT2D eigenvalue weighted by atomic mass is 10.2. The molecule has 0 spiro atoms. The molecule has 0 bridgehead atoms. The van der Waals surface area contributed by atoms with Gasteiger partial charge in [-0.3, -0.25) is 4.79 Å². The molecule has 0 aliphatic carbocycles. The summed E-state index contributed by atoms with van der Waals surface area (Å²) in [5, 5.41) is 4.78. The normalized spacial score (nSPS) is 13.4. The molecule has 4 rings (SSSR count). The van der Waals surface area contributed by atoms with E-state index in [4.69, 9.17) is 5.10 Å². The van der Waals surface area contributed by atoms with Gasteiger partial charge in [0, 0.05) is 24.9 Å². The van der Waals surface area contributed by atoms with Gasteiger partial charge >= 0.3 is 0 Å². The summed E-state index contributed by atoms with van der Waals surface area (Å²) in [6.45, 7) is 4.88. The van der Waals surface area contributed by atoms with Crippen LogP contribution in [0.25, 0.3) is 11.5 Å². The Morgan fingerprint density at radius 3 is 2.43 bits per heavy atom. The van der Waals surface area contributed by atoms with E-state index in [1.807, 2.05) is 34.1 Å². The van der Waals surface area contributed by atoms with Crippen molar-refractivity contribution in [2.24, 2.45) is 0 Å². The summed E-state index contributed by atoms with van der Waals surface area (Å²) < 4.78 is 4.04. The van der Waals surface area contributed by atoms with Crippen LogP contribution in [0.2, 0.25) is 0 Å². The molecule has 1 aliphatic rings. The van der Waals surface area contributed by atoms with E-state index in [2.05, 4.69) is 35.8 Å². The van der Waals surface area contributed by atoms with Crippen molar-refractivity contribution in [2.75, 3.05) is 0 Å². The SMILES string of the molecule is CC(=O)N1Cc2nn(-c3ccc(C)cc3)c(-n3cccc3)c2C1. The number of hydrogen-bond donors (Lipinski definition) is 0. The lowest BCUT2D eigenvalue weighted by Gasteiger charge is -2.15. The number of aromatic nitrogens is 3. The number of benzene rings is 1. The Morgan fingerprint density at radius 1 is 1.09 bits per heavy atom. The van der Waals surface area contributed by atoms with Crippen LogP contribution in [0, 0.1) is 6.92 Å². The lowest BCUT2D eigenvalue weighted by Crippen LogP contribution is -2.23. The molecule has 1 aromatic carbocycles. The van der Waals surface area contributed by atoms with Crippen LogP contribution < -0.4 is 0 Å². The van der Waals surface area contributed by atoms with Gasteiger partial charge < -0.3 is 9.47 Å². The Labute approximate surface area is 134 Å². The summed E-state index contributed by atoms with van der Waals surface area (Å²) >= 11 is 0. The van der Waals surface area contributed by atoms with Gasteiger partial charge in [-0.25, -0.2) is 4.68 Å².